The fourth-order valence-electron chi connectivity index (χ4n) is 3.28. The minimum Gasteiger partial charge on any atom is -0.478 e. The topological polar surface area (TPSA) is 116 Å². The van der Waals surface area contributed by atoms with Gasteiger partial charge in [0.15, 0.2) is 0 Å². The van der Waals surface area contributed by atoms with Gasteiger partial charge < -0.3 is 5.11 Å². The first-order valence-corrected chi connectivity index (χ1v) is 10.9. The number of sulfonamides is 1. The summed E-state index contributed by atoms with van der Waals surface area (Å²) in [6.45, 7) is 2.39. The average molecular weight is 429 g/mol. The Kier molecular flexibility index (Phi) is 6.63. The van der Waals surface area contributed by atoms with E-state index < -0.39 is 16.0 Å². The molecule has 1 aliphatic rings. The van der Waals surface area contributed by atoms with E-state index in [2.05, 4.69) is 10.5 Å². The lowest BCUT2D eigenvalue weighted by Gasteiger charge is -2.30. The summed E-state index contributed by atoms with van der Waals surface area (Å²) in [6, 6.07) is 13.0. The number of hydrogen-bond acceptors (Lipinski definition) is 5. The molecule has 1 saturated heterocycles. The lowest BCUT2D eigenvalue weighted by Crippen LogP contribution is -2.42. The minimum absolute atomic E-state index is 0.0881. The molecule has 0 aromatic heterocycles. The summed E-state index contributed by atoms with van der Waals surface area (Å²) in [7, 11) is -3.58. The highest BCUT2D eigenvalue weighted by Gasteiger charge is 2.32. The van der Waals surface area contributed by atoms with Crippen molar-refractivity contribution in [3.05, 3.63) is 65.2 Å². The van der Waals surface area contributed by atoms with Crippen molar-refractivity contribution in [3.8, 4) is 0 Å². The van der Waals surface area contributed by atoms with E-state index >= 15 is 0 Å². The first kappa shape index (κ1) is 21.7. The van der Waals surface area contributed by atoms with Gasteiger partial charge in [0.25, 0.3) is 0 Å². The second-order valence-corrected chi connectivity index (χ2v) is 9.06. The highest BCUT2D eigenvalue weighted by molar-refractivity contribution is 7.89. The van der Waals surface area contributed by atoms with Gasteiger partial charge in [-0.05, 0) is 38.0 Å². The first-order chi connectivity index (χ1) is 14.3. The number of carboxylic acids is 1. The summed E-state index contributed by atoms with van der Waals surface area (Å²) >= 11 is 0. The molecule has 1 heterocycles. The van der Waals surface area contributed by atoms with Gasteiger partial charge in [-0.25, -0.2) is 18.6 Å². The molecule has 9 heteroatoms. The Morgan fingerprint density at radius 2 is 1.73 bits per heavy atom. The third-order valence-corrected chi connectivity index (χ3v) is 6.97. The zero-order valence-corrected chi connectivity index (χ0v) is 17.3. The molecule has 2 N–H and O–H groups in total. The zero-order chi connectivity index (χ0) is 21.7. The smallest absolute Gasteiger partial charge is 0.336 e. The third kappa shape index (κ3) is 4.92. The minimum atomic E-state index is -3.58. The van der Waals surface area contributed by atoms with E-state index in [1.54, 1.807) is 42.5 Å². The van der Waals surface area contributed by atoms with Gasteiger partial charge in [0.1, 0.15) is 0 Å². The normalized spacial score (nSPS) is 15.9. The van der Waals surface area contributed by atoms with E-state index in [1.165, 1.54) is 16.6 Å². The maximum Gasteiger partial charge on any atom is 0.336 e. The monoisotopic (exact) mass is 429 g/mol. The molecule has 0 saturated carbocycles. The number of piperidine rings is 1. The van der Waals surface area contributed by atoms with Gasteiger partial charge in [0.05, 0.1) is 16.7 Å². The predicted octanol–water partition coefficient (Wildman–Crippen LogP) is 2.24. The number of nitrogens with zero attached hydrogens (tertiary/aromatic N) is 2. The number of rotatable bonds is 6. The number of carbonyl (C=O) groups is 2. The van der Waals surface area contributed by atoms with Gasteiger partial charge in [0, 0.05) is 24.6 Å². The van der Waals surface area contributed by atoms with Crippen LogP contribution in [0.2, 0.25) is 0 Å². The summed E-state index contributed by atoms with van der Waals surface area (Å²) in [5.41, 5.74) is 3.88. The summed E-state index contributed by atoms with van der Waals surface area (Å²) in [4.78, 5) is 23.8. The van der Waals surface area contributed by atoms with Crippen LogP contribution in [0.3, 0.4) is 0 Å². The van der Waals surface area contributed by atoms with Crippen molar-refractivity contribution in [1.29, 1.82) is 0 Å². The second-order valence-electron chi connectivity index (χ2n) is 7.12. The predicted molar refractivity (Wildman–Crippen MR) is 112 cm³/mol. The molecule has 158 valence electrons. The number of nitrogens with one attached hydrogen (secondary N) is 1. The van der Waals surface area contributed by atoms with Crippen molar-refractivity contribution in [3.63, 3.8) is 0 Å². The molecule has 3 rings (SSSR count). The molecule has 2 aromatic rings. The number of aryl methyl sites for hydroxylation is 1. The molecular weight excluding hydrogens is 406 g/mol. The Bertz CT molecular complexity index is 1060. The van der Waals surface area contributed by atoms with Crippen molar-refractivity contribution < 1.29 is 23.1 Å². The molecule has 8 nitrogen and oxygen atoms in total. The van der Waals surface area contributed by atoms with Crippen LogP contribution in [0.1, 0.15) is 34.3 Å². The second kappa shape index (κ2) is 9.19. The van der Waals surface area contributed by atoms with Crippen LogP contribution >= 0.6 is 0 Å². The van der Waals surface area contributed by atoms with Gasteiger partial charge in [-0.2, -0.15) is 9.41 Å². The molecule has 1 amide bonds. The molecule has 30 heavy (non-hydrogen) atoms. The maximum absolute atomic E-state index is 12.7. The highest BCUT2D eigenvalue weighted by atomic mass is 32.2. The summed E-state index contributed by atoms with van der Waals surface area (Å²) < 4.78 is 26.9. The van der Waals surface area contributed by atoms with Gasteiger partial charge in [0.2, 0.25) is 15.9 Å². The lowest BCUT2D eigenvalue weighted by molar-refractivity contribution is -0.126. The molecule has 0 spiro atoms. The van der Waals surface area contributed by atoms with E-state index in [0.29, 0.717) is 18.4 Å². The number of carbonyl (C=O) groups excluding carboxylic acids is 1. The van der Waals surface area contributed by atoms with Crippen LogP contribution in [-0.2, 0) is 14.8 Å². The fourth-order valence-corrected chi connectivity index (χ4v) is 4.75. The van der Waals surface area contributed by atoms with Gasteiger partial charge in [-0.1, -0.05) is 35.9 Å². The Balaban J connectivity index is 1.57. The average Bonchev–Trinajstić information content (AvgIpc) is 2.74. The van der Waals surface area contributed by atoms with Crippen LogP contribution < -0.4 is 5.43 Å². The quantitative estimate of drug-likeness (QED) is 0.540. The molecular formula is C21H23N3O5S. The molecule has 1 fully saturated rings. The SMILES string of the molecule is Cc1ccc(S(=O)(=O)N2CCC(C(=O)N/N=C/c3ccccc3C(=O)O)CC2)cc1. The van der Waals surface area contributed by atoms with E-state index in [9.17, 15) is 18.0 Å². The van der Waals surface area contributed by atoms with Crippen molar-refractivity contribution in [1.82, 2.24) is 9.73 Å². The largest absolute Gasteiger partial charge is 0.478 e. The number of hydrogen-bond donors (Lipinski definition) is 2. The van der Waals surface area contributed by atoms with Gasteiger partial charge in [-0.3, -0.25) is 4.79 Å². The number of aromatic carboxylic acids is 1. The Hall–Kier alpha value is -3.04. The van der Waals surface area contributed by atoms with Crippen molar-refractivity contribution in [2.45, 2.75) is 24.7 Å². The Morgan fingerprint density at radius 3 is 2.37 bits per heavy atom. The van der Waals surface area contributed by atoms with Crippen LogP contribution in [0, 0.1) is 12.8 Å². The zero-order valence-electron chi connectivity index (χ0n) is 16.5. The first-order valence-electron chi connectivity index (χ1n) is 9.51. The van der Waals surface area contributed by atoms with Crippen molar-refractivity contribution in [2.75, 3.05) is 13.1 Å². The van der Waals surface area contributed by atoms with E-state index in [1.807, 2.05) is 6.92 Å². The fraction of sp³-hybridized carbons (Fsp3) is 0.286. The Morgan fingerprint density at radius 1 is 1.10 bits per heavy atom. The summed E-state index contributed by atoms with van der Waals surface area (Å²) in [6.07, 6.45) is 2.06. The molecule has 0 unspecified atom stereocenters. The molecule has 0 atom stereocenters. The molecule has 0 aliphatic carbocycles. The molecule has 0 bridgehead atoms. The van der Waals surface area contributed by atoms with E-state index in [-0.39, 0.29) is 35.4 Å². The number of amides is 1. The molecule has 0 radical (unpaired) electrons. The lowest BCUT2D eigenvalue weighted by atomic mass is 9.98. The van der Waals surface area contributed by atoms with E-state index in [0.717, 1.165) is 5.56 Å². The number of hydrazone groups is 1. The summed E-state index contributed by atoms with van der Waals surface area (Å²) in [5.74, 6) is -1.75. The highest BCUT2D eigenvalue weighted by Crippen LogP contribution is 2.24. The molecule has 1 aliphatic heterocycles. The number of carboxylic acid groups (broad SMARTS) is 1. The van der Waals surface area contributed by atoms with Gasteiger partial charge >= 0.3 is 5.97 Å². The maximum atomic E-state index is 12.7. The number of benzene rings is 2. The van der Waals surface area contributed by atoms with Crippen molar-refractivity contribution >= 4 is 28.1 Å². The van der Waals surface area contributed by atoms with Crippen LogP contribution in [0.5, 0.6) is 0 Å². The van der Waals surface area contributed by atoms with Crippen LogP contribution in [0.25, 0.3) is 0 Å². The van der Waals surface area contributed by atoms with Gasteiger partial charge in [-0.15, -0.1) is 0 Å². The third-order valence-electron chi connectivity index (χ3n) is 5.05. The van der Waals surface area contributed by atoms with Crippen LogP contribution in [0.15, 0.2) is 58.5 Å². The van der Waals surface area contributed by atoms with Crippen molar-refractivity contribution in [2.24, 2.45) is 11.0 Å². The standard InChI is InChI=1S/C21H23N3O5S/c1-15-6-8-18(9-7-15)30(28,29)24-12-10-16(11-13-24)20(25)23-22-14-17-4-2-3-5-19(17)21(26)27/h2-9,14,16H,10-13H2,1H3,(H,23,25)(H,26,27)/b22-14+. The van der Waals surface area contributed by atoms with Crippen LogP contribution in [-0.4, -0.2) is 49.0 Å². The van der Waals surface area contributed by atoms with E-state index in [4.69, 9.17) is 5.11 Å². The molecule has 2 aromatic carbocycles. The summed E-state index contributed by atoms with van der Waals surface area (Å²) in [5, 5.41) is 13.0. The Labute approximate surface area is 175 Å². The van der Waals surface area contributed by atoms with Crippen LogP contribution in [0.4, 0.5) is 0 Å².